The van der Waals surface area contributed by atoms with Crippen molar-refractivity contribution in [1.82, 2.24) is 5.32 Å². The fourth-order valence-corrected chi connectivity index (χ4v) is 1.64. The molecule has 1 rings (SSSR count). The first-order valence-corrected chi connectivity index (χ1v) is 6.30. The van der Waals surface area contributed by atoms with Gasteiger partial charge in [0.15, 0.2) is 0 Å². The van der Waals surface area contributed by atoms with Crippen LogP contribution < -0.4 is 11.1 Å². The van der Waals surface area contributed by atoms with Gasteiger partial charge in [-0.3, -0.25) is 4.79 Å². The lowest BCUT2D eigenvalue weighted by molar-refractivity contribution is -0.120. The normalized spacial score (nSPS) is 12.6. The molecule has 0 aromatic heterocycles. The van der Waals surface area contributed by atoms with E-state index in [0.717, 1.165) is 12.1 Å². The predicted octanol–water partition coefficient (Wildman–Crippen LogP) is 1.89. The van der Waals surface area contributed by atoms with Crippen molar-refractivity contribution >= 4 is 12.0 Å². The highest BCUT2D eigenvalue weighted by Crippen LogP contribution is 2.11. The van der Waals surface area contributed by atoms with Crippen LogP contribution in [0.4, 0.5) is 13.6 Å². The smallest absolute Gasteiger partial charge is 0.408 e. The molecule has 0 aliphatic heterocycles. The van der Waals surface area contributed by atoms with Crippen LogP contribution >= 0.6 is 0 Å². The highest BCUT2D eigenvalue weighted by molar-refractivity contribution is 5.84. The molecular formula is C14H18F2N2O3. The second-order valence-electron chi connectivity index (χ2n) is 5.58. The van der Waals surface area contributed by atoms with Gasteiger partial charge in [-0.25, -0.2) is 13.6 Å². The molecular weight excluding hydrogens is 282 g/mol. The van der Waals surface area contributed by atoms with Crippen LogP contribution in [0.5, 0.6) is 0 Å². The lowest BCUT2D eigenvalue weighted by Crippen LogP contribution is -2.47. The van der Waals surface area contributed by atoms with Crippen molar-refractivity contribution in [3.05, 3.63) is 35.4 Å². The summed E-state index contributed by atoms with van der Waals surface area (Å²) in [5.74, 6) is -2.37. The Bertz CT molecular complexity index is 521. The molecule has 2 amide bonds. The van der Waals surface area contributed by atoms with Crippen molar-refractivity contribution in [2.75, 3.05) is 0 Å². The number of ether oxygens (including phenoxy) is 1. The Morgan fingerprint density at radius 3 is 2.19 bits per heavy atom. The van der Waals surface area contributed by atoms with E-state index >= 15 is 0 Å². The zero-order chi connectivity index (χ0) is 16.2. The fraction of sp³-hybridized carbons (Fsp3) is 0.429. The Kier molecular flexibility index (Phi) is 5.23. The molecule has 5 nitrogen and oxygen atoms in total. The number of carbonyl (C=O) groups is 2. The van der Waals surface area contributed by atoms with Gasteiger partial charge in [0.2, 0.25) is 5.91 Å². The van der Waals surface area contributed by atoms with E-state index in [9.17, 15) is 18.4 Å². The van der Waals surface area contributed by atoms with Crippen LogP contribution in [0, 0.1) is 11.6 Å². The van der Waals surface area contributed by atoms with E-state index in [1.807, 2.05) is 0 Å². The lowest BCUT2D eigenvalue weighted by atomic mass is 10.1. The molecule has 0 saturated heterocycles. The lowest BCUT2D eigenvalue weighted by Gasteiger charge is -2.22. The van der Waals surface area contributed by atoms with E-state index in [4.69, 9.17) is 10.5 Å². The Labute approximate surface area is 121 Å². The van der Waals surface area contributed by atoms with Gasteiger partial charge in [-0.1, -0.05) is 0 Å². The first kappa shape index (κ1) is 16.9. The molecule has 0 fully saturated rings. The van der Waals surface area contributed by atoms with Gasteiger partial charge in [0, 0.05) is 12.5 Å². The van der Waals surface area contributed by atoms with Gasteiger partial charge in [0.25, 0.3) is 0 Å². The van der Waals surface area contributed by atoms with Crippen LogP contribution in [0.1, 0.15) is 26.3 Å². The molecule has 0 unspecified atom stereocenters. The number of amides is 2. The number of nitrogens with two attached hydrogens (primary N) is 1. The number of benzene rings is 1. The van der Waals surface area contributed by atoms with Crippen LogP contribution in [0.3, 0.4) is 0 Å². The molecule has 0 radical (unpaired) electrons. The van der Waals surface area contributed by atoms with Gasteiger partial charge in [0.1, 0.15) is 23.3 Å². The van der Waals surface area contributed by atoms with Crippen LogP contribution in [0.25, 0.3) is 0 Å². The Hall–Kier alpha value is -2.18. The maximum absolute atomic E-state index is 13.1. The molecule has 1 aromatic carbocycles. The molecule has 0 aliphatic rings. The third kappa shape index (κ3) is 6.20. The van der Waals surface area contributed by atoms with E-state index in [1.54, 1.807) is 20.8 Å². The van der Waals surface area contributed by atoms with Crippen LogP contribution in [0.15, 0.2) is 18.2 Å². The topological polar surface area (TPSA) is 81.4 Å². The number of hydrogen-bond donors (Lipinski definition) is 2. The second kappa shape index (κ2) is 6.51. The van der Waals surface area contributed by atoms with Crippen LogP contribution in [-0.2, 0) is 16.0 Å². The van der Waals surface area contributed by atoms with Crippen LogP contribution in [0.2, 0.25) is 0 Å². The minimum atomic E-state index is -1.12. The molecule has 21 heavy (non-hydrogen) atoms. The molecule has 7 heteroatoms. The van der Waals surface area contributed by atoms with Gasteiger partial charge < -0.3 is 15.8 Å². The van der Waals surface area contributed by atoms with E-state index in [-0.39, 0.29) is 12.0 Å². The van der Waals surface area contributed by atoms with E-state index in [1.165, 1.54) is 0 Å². The fourth-order valence-electron chi connectivity index (χ4n) is 1.64. The Balaban J connectivity index is 2.78. The number of hydrogen-bond acceptors (Lipinski definition) is 3. The summed E-state index contributed by atoms with van der Waals surface area (Å²) in [5.41, 5.74) is 4.64. The van der Waals surface area contributed by atoms with Crippen LogP contribution in [-0.4, -0.2) is 23.6 Å². The Morgan fingerprint density at radius 1 is 1.24 bits per heavy atom. The average molecular weight is 300 g/mol. The van der Waals surface area contributed by atoms with Gasteiger partial charge >= 0.3 is 6.09 Å². The van der Waals surface area contributed by atoms with Crippen molar-refractivity contribution in [2.24, 2.45) is 5.73 Å². The summed E-state index contributed by atoms with van der Waals surface area (Å²) >= 11 is 0. The van der Waals surface area contributed by atoms with Crippen molar-refractivity contribution in [1.29, 1.82) is 0 Å². The van der Waals surface area contributed by atoms with Gasteiger partial charge in [0.05, 0.1) is 0 Å². The largest absolute Gasteiger partial charge is 0.444 e. The maximum atomic E-state index is 13.1. The number of rotatable bonds is 4. The second-order valence-corrected chi connectivity index (χ2v) is 5.58. The summed E-state index contributed by atoms with van der Waals surface area (Å²) in [7, 11) is 0. The third-order valence-electron chi connectivity index (χ3n) is 2.40. The SMILES string of the molecule is CC(C)(C)OC(=O)N[C@@H](Cc1cc(F)cc(F)c1)C(N)=O. The number of carbonyl (C=O) groups excluding carboxylic acids is 2. The maximum Gasteiger partial charge on any atom is 0.408 e. The van der Waals surface area contributed by atoms with Gasteiger partial charge in [-0.05, 0) is 38.5 Å². The molecule has 0 bridgehead atoms. The van der Waals surface area contributed by atoms with Gasteiger partial charge in [-0.15, -0.1) is 0 Å². The number of primary amides is 1. The first-order valence-electron chi connectivity index (χ1n) is 6.30. The monoisotopic (exact) mass is 300 g/mol. The van der Waals surface area contributed by atoms with Gasteiger partial charge in [-0.2, -0.15) is 0 Å². The first-order chi connectivity index (χ1) is 9.56. The standard InChI is InChI=1S/C14H18F2N2O3/c1-14(2,3)21-13(20)18-11(12(17)19)6-8-4-9(15)7-10(16)5-8/h4-5,7,11H,6H2,1-3H3,(H2,17,19)(H,18,20)/t11-/m0/s1. The minimum absolute atomic E-state index is 0.136. The summed E-state index contributed by atoms with van der Waals surface area (Å²) in [4.78, 5) is 22.9. The number of alkyl carbamates (subject to hydrolysis) is 1. The zero-order valence-electron chi connectivity index (χ0n) is 12.1. The Morgan fingerprint density at radius 2 is 1.76 bits per heavy atom. The molecule has 1 atom stereocenters. The summed E-state index contributed by atoms with van der Waals surface area (Å²) in [6, 6.07) is 1.72. The molecule has 0 saturated carbocycles. The highest BCUT2D eigenvalue weighted by Gasteiger charge is 2.23. The quantitative estimate of drug-likeness (QED) is 0.891. The van der Waals surface area contributed by atoms with Crippen molar-refractivity contribution in [2.45, 2.75) is 38.8 Å². The van der Waals surface area contributed by atoms with E-state index in [0.29, 0.717) is 6.07 Å². The average Bonchev–Trinajstić information content (AvgIpc) is 2.23. The molecule has 116 valence electrons. The molecule has 0 heterocycles. The summed E-state index contributed by atoms with van der Waals surface area (Å²) < 4.78 is 31.2. The summed E-state index contributed by atoms with van der Waals surface area (Å²) in [6.07, 6.45) is -0.966. The summed E-state index contributed by atoms with van der Waals surface area (Å²) in [6.45, 7) is 4.98. The number of nitrogens with one attached hydrogen (secondary N) is 1. The molecule has 1 aromatic rings. The molecule has 3 N–H and O–H groups in total. The highest BCUT2D eigenvalue weighted by atomic mass is 19.1. The third-order valence-corrected chi connectivity index (χ3v) is 2.40. The predicted molar refractivity (Wildman–Crippen MR) is 72.4 cm³/mol. The molecule has 0 aliphatic carbocycles. The zero-order valence-corrected chi connectivity index (χ0v) is 12.1. The van der Waals surface area contributed by atoms with Crippen molar-refractivity contribution in [3.63, 3.8) is 0 Å². The van der Waals surface area contributed by atoms with E-state index < -0.39 is 35.3 Å². The minimum Gasteiger partial charge on any atom is -0.444 e. The van der Waals surface area contributed by atoms with Crippen molar-refractivity contribution in [3.8, 4) is 0 Å². The van der Waals surface area contributed by atoms with Crippen molar-refractivity contribution < 1.29 is 23.1 Å². The molecule has 0 spiro atoms. The summed E-state index contributed by atoms with van der Waals surface area (Å²) in [5, 5.41) is 2.28. The van der Waals surface area contributed by atoms with E-state index in [2.05, 4.69) is 5.32 Å². The number of halogens is 2.